The number of carbonyl (C=O) groups excluding carboxylic acids is 2. The highest BCUT2D eigenvalue weighted by atomic mass is 32.2. The molecule has 4 nitrogen and oxygen atoms in total. The lowest BCUT2D eigenvalue weighted by molar-refractivity contribution is -0.117. The van der Waals surface area contributed by atoms with Gasteiger partial charge in [0.25, 0.3) is 0 Å². The SMILES string of the molecule is C[C@@H](Sc1ccccc1)C(=O)Nc1cccc(N2CCCC2=O)c1. The van der Waals surface area contributed by atoms with E-state index in [1.54, 1.807) is 4.90 Å². The van der Waals surface area contributed by atoms with Gasteiger partial charge in [0.15, 0.2) is 0 Å². The lowest BCUT2D eigenvalue weighted by Crippen LogP contribution is -2.25. The zero-order valence-corrected chi connectivity index (χ0v) is 14.4. The predicted molar refractivity (Wildman–Crippen MR) is 98.4 cm³/mol. The van der Waals surface area contributed by atoms with Crippen molar-refractivity contribution in [3.8, 4) is 0 Å². The van der Waals surface area contributed by atoms with Crippen molar-refractivity contribution in [3.63, 3.8) is 0 Å². The monoisotopic (exact) mass is 340 g/mol. The highest BCUT2D eigenvalue weighted by Gasteiger charge is 2.22. The molecule has 2 aromatic carbocycles. The fourth-order valence-electron chi connectivity index (χ4n) is 2.67. The van der Waals surface area contributed by atoms with E-state index in [0.717, 1.165) is 29.2 Å². The summed E-state index contributed by atoms with van der Waals surface area (Å²) in [5, 5.41) is 2.74. The van der Waals surface area contributed by atoms with Gasteiger partial charge in [0, 0.05) is 29.2 Å². The Kier molecular flexibility index (Phi) is 5.20. The molecule has 1 N–H and O–H groups in total. The van der Waals surface area contributed by atoms with Gasteiger partial charge in [-0.15, -0.1) is 11.8 Å². The Balaban J connectivity index is 1.65. The van der Waals surface area contributed by atoms with Crippen LogP contribution < -0.4 is 10.2 Å². The number of benzene rings is 2. The van der Waals surface area contributed by atoms with Crippen LogP contribution in [0.2, 0.25) is 0 Å². The average molecular weight is 340 g/mol. The van der Waals surface area contributed by atoms with Gasteiger partial charge in [0.05, 0.1) is 5.25 Å². The minimum Gasteiger partial charge on any atom is -0.325 e. The molecule has 2 aromatic rings. The summed E-state index contributed by atoms with van der Waals surface area (Å²) in [5.74, 6) is 0.0974. The van der Waals surface area contributed by atoms with Gasteiger partial charge in [-0.05, 0) is 43.7 Å². The van der Waals surface area contributed by atoms with Crippen LogP contribution in [-0.2, 0) is 9.59 Å². The maximum atomic E-state index is 12.4. The van der Waals surface area contributed by atoms with Crippen LogP contribution in [0.4, 0.5) is 11.4 Å². The summed E-state index contributed by atoms with van der Waals surface area (Å²) in [4.78, 5) is 27.1. The first kappa shape index (κ1) is 16.6. The first-order valence-electron chi connectivity index (χ1n) is 8.06. The molecule has 0 spiro atoms. The number of rotatable bonds is 5. The van der Waals surface area contributed by atoms with E-state index in [1.807, 2.05) is 61.5 Å². The highest BCUT2D eigenvalue weighted by Crippen LogP contribution is 2.26. The zero-order valence-electron chi connectivity index (χ0n) is 13.6. The van der Waals surface area contributed by atoms with Crippen molar-refractivity contribution in [2.24, 2.45) is 0 Å². The normalized spacial score (nSPS) is 15.4. The quantitative estimate of drug-likeness (QED) is 0.839. The van der Waals surface area contributed by atoms with Gasteiger partial charge >= 0.3 is 0 Å². The third-order valence-electron chi connectivity index (χ3n) is 3.92. The van der Waals surface area contributed by atoms with Crippen LogP contribution in [0, 0.1) is 0 Å². The molecule has 0 aromatic heterocycles. The van der Waals surface area contributed by atoms with Gasteiger partial charge < -0.3 is 10.2 Å². The summed E-state index contributed by atoms with van der Waals surface area (Å²) < 4.78 is 0. The lowest BCUT2D eigenvalue weighted by atomic mass is 10.2. The van der Waals surface area contributed by atoms with Crippen molar-refractivity contribution in [1.82, 2.24) is 0 Å². The summed E-state index contributed by atoms with van der Waals surface area (Å²) >= 11 is 1.52. The van der Waals surface area contributed by atoms with Crippen molar-refractivity contribution < 1.29 is 9.59 Å². The fraction of sp³-hybridized carbons (Fsp3) is 0.263. The van der Waals surface area contributed by atoms with Crippen molar-refractivity contribution >= 4 is 35.0 Å². The van der Waals surface area contributed by atoms with Crippen LogP contribution in [0.25, 0.3) is 0 Å². The summed E-state index contributed by atoms with van der Waals surface area (Å²) in [6.45, 7) is 2.64. The molecule has 1 heterocycles. The van der Waals surface area contributed by atoms with Gasteiger partial charge in [-0.3, -0.25) is 9.59 Å². The van der Waals surface area contributed by atoms with Crippen molar-refractivity contribution in [1.29, 1.82) is 0 Å². The molecule has 24 heavy (non-hydrogen) atoms. The molecule has 5 heteroatoms. The molecular formula is C19H20N2O2S. The Bertz CT molecular complexity index is 733. The summed E-state index contributed by atoms with van der Waals surface area (Å²) in [6.07, 6.45) is 1.49. The second-order valence-corrected chi connectivity index (χ2v) is 7.18. The summed E-state index contributed by atoms with van der Waals surface area (Å²) in [6, 6.07) is 17.4. The number of carbonyl (C=O) groups is 2. The molecule has 0 bridgehead atoms. The number of nitrogens with zero attached hydrogens (tertiary/aromatic N) is 1. The van der Waals surface area contributed by atoms with Crippen molar-refractivity contribution in [3.05, 3.63) is 54.6 Å². The third-order valence-corrected chi connectivity index (χ3v) is 5.04. The molecule has 1 atom stereocenters. The Morgan fingerprint density at radius 2 is 1.96 bits per heavy atom. The van der Waals surface area contributed by atoms with E-state index in [0.29, 0.717) is 6.42 Å². The van der Waals surface area contributed by atoms with E-state index in [1.165, 1.54) is 11.8 Å². The number of anilines is 2. The number of thioether (sulfide) groups is 1. The number of amides is 2. The van der Waals surface area contributed by atoms with Crippen molar-refractivity contribution in [2.75, 3.05) is 16.8 Å². The minimum absolute atomic E-state index is 0.0475. The van der Waals surface area contributed by atoms with Crippen molar-refractivity contribution in [2.45, 2.75) is 29.9 Å². The van der Waals surface area contributed by atoms with Gasteiger partial charge in [0.1, 0.15) is 0 Å². The van der Waals surface area contributed by atoms with E-state index in [9.17, 15) is 9.59 Å². The molecule has 0 saturated carbocycles. The zero-order chi connectivity index (χ0) is 16.9. The van der Waals surface area contributed by atoms with E-state index < -0.39 is 0 Å². The molecule has 0 radical (unpaired) electrons. The predicted octanol–water partition coefficient (Wildman–Crippen LogP) is 3.93. The second kappa shape index (κ2) is 7.53. The van der Waals surface area contributed by atoms with E-state index in [-0.39, 0.29) is 17.1 Å². The molecule has 3 rings (SSSR count). The van der Waals surface area contributed by atoms with E-state index >= 15 is 0 Å². The van der Waals surface area contributed by atoms with Gasteiger partial charge in [-0.25, -0.2) is 0 Å². The molecule has 0 aliphatic carbocycles. The van der Waals surface area contributed by atoms with Gasteiger partial charge in [-0.1, -0.05) is 24.3 Å². The minimum atomic E-state index is -0.204. The van der Waals surface area contributed by atoms with Crippen LogP contribution >= 0.6 is 11.8 Å². The van der Waals surface area contributed by atoms with E-state index in [2.05, 4.69) is 5.32 Å². The lowest BCUT2D eigenvalue weighted by Gasteiger charge is -2.17. The fourth-order valence-corrected chi connectivity index (χ4v) is 3.56. The average Bonchev–Trinajstić information content (AvgIpc) is 3.02. The standard InChI is InChI=1S/C19H20N2O2S/c1-14(24-17-9-3-2-4-10-17)19(23)20-15-7-5-8-16(13-15)21-12-6-11-18(21)22/h2-5,7-10,13-14H,6,11-12H2,1H3,(H,20,23)/t14-/m1/s1. The van der Waals surface area contributed by atoms with Gasteiger partial charge in [-0.2, -0.15) is 0 Å². The first-order chi connectivity index (χ1) is 11.6. The van der Waals surface area contributed by atoms with Gasteiger partial charge in [0.2, 0.25) is 11.8 Å². The number of hydrogen-bond acceptors (Lipinski definition) is 3. The van der Waals surface area contributed by atoms with Crippen LogP contribution in [0.5, 0.6) is 0 Å². The first-order valence-corrected chi connectivity index (χ1v) is 8.94. The Morgan fingerprint density at radius 1 is 1.17 bits per heavy atom. The van der Waals surface area contributed by atoms with Crippen LogP contribution in [0.15, 0.2) is 59.5 Å². The largest absolute Gasteiger partial charge is 0.325 e. The molecule has 124 valence electrons. The Morgan fingerprint density at radius 3 is 2.67 bits per heavy atom. The second-order valence-electron chi connectivity index (χ2n) is 5.76. The highest BCUT2D eigenvalue weighted by molar-refractivity contribution is 8.00. The molecular weight excluding hydrogens is 320 g/mol. The molecule has 1 aliphatic rings. The molecule has 1 saturated heterocycles. The van der Waals surface area contributed by atoms with E-state index in [4.69, 9.17) is 0 Å². The van der Waals surface area contributed by atoms with Crippen LogP contribution in [0.3, 0.4) is 0 Å². The van der Waals surface area contributed by atoms with Crippen LogP contribution in [-0.4, -0.2) is 23.6 Å². The smallest absolute Gasteiger partial charge is 0.237 e. The maximum absolute atomic E-state index is 12.4. The third kappa shape index (κ3) is 3.97. The Labute approximate surface area is 146 Å². The molecule has 1 fully saturated rings. The molecule has 2 amide bonds. The topological polar surface area (TPSA) is 49.4 Å². The number of hydrogen-bond donors (Lipinski definition) is 1. The number of nitrogens with one attached hydrogen (secondary N) is 1. The Hall–Kier alpha value is -2.27. The molecule has 1 aliphatic heterocycles. The maximum Gasteiger partial charge on any atom is 0.237 e. The van der Waals surface area contributed by atoms with Crippen LogP contribution in [0.1, 0.15) is 19.8 Å². The molecule has 0 unspecified atom stereocenters. The summed E-state index contributed by atoms with van der Waals surface area (Å²) in [5.41, 5.74) is 1.57. The summed E-state index contributed by atoms with van der Waals surface area (Å²) in [7, 11) is 0.